The molecular formula is C19H37Cl2N3O2. The third kappa shape index (κ3) is 5.48. The SMILES string of the molecule is CC(C)C1CCC(N2CCN(C(=O)C3(N)CCOCC3)CC2)CC1.Cl.Cl. The Bertz CT molecular complexity index is 429. The van der Waals surface area contributed by atoms with Crippen LogP contribution in [0.2, 0.25) is 0 Å². The summed E-state index contributed by atoms with van der Waals surface area (Å²) in [5, 5.41) is 0. The topological polar surface area (TPSA) is 58.8 Å². The van der Waals surface area contributed by atoms with Crippen LogP contribution in [0.4, 0.5) is 0 Å². The molecule has 154 valence electrons. The van der Waals surface area contributed by atoms with E-state index in [0.29, 0.717) is 26.1 Å². The summed E-state index contributed by atoms with van der Waals surface area (Å²) in [5.74, 6) is 1.88. The molecule has 0 spiro atoms. The Morgan fingerprint density at radius 1 is 1.00 bits per heavy atom. The van der Waals surface area contributed by atoms with Crippen molar-refractivity contribution in [3.63, 3.8) is 0 Å². The molecule has 1 amide bonds. The molecule has 5 nitrogen and oxygen atoms in total. The molecule has 2 saturated heterocycles. The highest BCUT2D eigenvalue weighted by atomic mass is 35.5. The number of ether oxygens (including phenoxy) is 1. The first-order valence-electron chi connectivity index (χ1n) is 9.90. The molecule has 2 N–H and O–H groups in total. The van der Waals surface area contributed by atoms with Crippen molar-refractivity contribution in [3.05, 3.63) is 0 Å². The molecule has 3 rings (SSSR count). The van der Waals surface area contributed by atoms with Gasteiger partial charge in [0.05, 0.1) is 5.54 Å². The average Bonchev–Trinajstić information content (AvgIpc) is 2.62. The number of hydrogen-bond acceptors (Lipinski definition) is 4. The number of nitrogens with two attached hydrogens (primary N) is 1. The van der Waals surface area contributed by atoms with Crippen LogP contribution >= 0.6 is 24.8 Å². The molecule has 2 aliphatic heterocycles. The Morgan fingerprint density at radius 3 is 2.04 bits per heavy atom. The number of amides is 1. The van der Waals surface area contributed by atoms with Gasteiger partial charge in [-0.1, -0.05) is 13.8 Å². The van der Waals surface area contributed by atoms with Crippen LogP contribution < -0.4 is 5.73 Å². The molecule has 26 heavy (non-hydrogen) atoms. The molecule has 1 aliphatic carbocycles. The number of halogens is 2. The highest BCUT2D eigenvalue weighted by Crippen LogP contribution is 2.32. The maximum atomic E-state index is 12.8. The van der Waals surface area contributed by atoms with E-state index < -0.39 is 5.54 Å². The predicted octanol–water partition coefficient (Wildman–Crippen LogP) is 2.70. The fourth-order valence-corrected chi connectivity index (χ4v) is 4.69. The Balaban J connectivity index is 0.00000169. The first kappa shape index (κ1) is 24.0. The number of rotatable bonds is 3. The summed E-state index contributed by atoms with van der Waals surface area (Å²) in [6, 6.07) is 0.729. The van der Waals surface area contributed by atoms with Crippen LogP contribution in [-0.2, 0) is 9.53 Å². The van der Waals surface area contributed by atoms with Crippen molar-refractivity contribution in [2.45, 2.75) is 64.0 Å². The van der Waals surface area contributed by atoms with E-state index in [9.17, 15) is 4.79 Å². The Morgan fingerprint density at radius 2 is 1.54 bits per heavy atom. The zero-order chi connectivity index (χ0) is 17.2. The lowest BCUT2D eigenvalue weighted by molar-refractivity contribution is -0.142. The number of nitrogens with zero attached hydrogens (tertiary/aromatic N) is 2. The quantitative estimate of drug-likeness (QED) is 0.777. The van der Waals surface area contributed by atoms with Gasteiger partial charge in [-0.05, 0) is 50.4 Å². The molecule has 3 fully saturated rings. The van der Waals surface area contributed by atoms with Gasteiger partial charge < -0.3 is 15.4 Å². The lowest BCUT2D eigenvalue weighted by Gasteiger charge is -2.44. The highest BCUT2D eigenvalue weighted by molar-refractivity contribution is 5.86. The molecule has 0 bridgehead atoms. The van der Waals surface area contributed by atoms with Crippen LogP contribution in [-0.4, -0.2) is 66.7 Å². The summed E-state index contributed by atoms with van der Waals surface area (Å²) < 4.78 is 5.37. The van der Waals surface area contributed by atoms with Gasteiger partial charge in [0.15, 0.2) is 0 Å². The van der Waals surface area contributed by atoms with E-state index in [4.69, 9.17) is 10.5 Å². The van der Waals surface area contributed by atoms with Crippen molar-refractivity contribution in [2.75, 3.05) is 39.4 Å². The number of hydrogen-bond donors (Lipinski definition) is 1. The highest BCUT2D eigenvalue weighted by Gasteiger charge is 2.40. The van der Waals surface area contributed by atoms with E-state index in [1.807, 2.05) is 4.90 Å². The Hall–Kier alpha value is -0.0700. The second-order valence-electron chi connectivity index (χ2n) is 8.41. The normalized spacial score (nSPS) is 29.6. The van der Waals surface area contributed by atoms with Crippen LogP contribution in [0.25, 0.3) is 0 Å². The molecular weight excluding hydrogens is 373 g/mol. The monoisotopic (exact) mass is 409 g/mol. The van der Waals surface area contributed by atoms with E-state index in [0.717, 1.165) is 44.1 Å². The van der Waals surface area contributed by atoms with Gasteiger partial charge in [-0.15, -0.1) is 24.8 Å². The van der Waals surface area contributed by atoms with Gasteiger partial charge in [-0.2, -0.15) is 0 Å². The molecule has 1 saturated carbocycles. The van der Waals surface area contributed by atoms with E-state index in [2.05, 4.69) is 18.7 Å². The zero-order valence-corrected chi connectivity index (χ0v) is 18.0. The summed E-state index contributed by atoms with van der Waals surface area (Å²) in [6.45, 7) is 9.63. The summed E-state index contributed by atoms with van der Waals surface area (Å²) in [6.07, 6.45) is 6.71. The minimum Gasteiger partial charge on any atom is -0.381 e. The fourth-order valence-electron chi connectivity index (χ4n) is 4.69. The van der Waals surface area contributed by atoms with Gasteiger partial charge in [-0.3, -0.25) is 9.69 Å². The second kappa shape index (κ2) is 10.5. The lowest BCUT2D eigenvalue weighted by atomic mass is 9.79. The Labute approximate surface area is 171 Å². The summed E-state index contributed by atoms with van der Waals surface area (Å²) in [7, 11) is 0. The van der Waals surface area contributed by atoms with Crippen LogP contribution in [0.15, 0.2) is 0 Å². The molecule has 7 heteroatoms. The third-order valence-electron chi connectivity index (χ3n) is 6.61. The largest absolute Gasteiger partial charge is 0.381 e. The maximum absolute atomic E-state index is 12.8. The number of carbonyl (C=O) groups is 1. The van der Waals surface area contributed by atoms with Crippen molar-refractivity contribution < 1.29 is 9.53 Å². The van der Waals surface area contributed by atoms with Crippen LogP contribution in [0.5, 0.6) is 0 Å². The zero-order valence-electron chi connectivity index (χ0n) is 16.3. The average molecular weight is 410 g/mol. The van der Waals surface area contributed by atoms with Gasteiger partial charge in [0.2, 0.25) is 5.91 Å². The standard InChI is InChI=1S/C19H35N3O2.2ClH/c1-15(2)16-3-5-17(6-4-16)21-9-11-22(12-10-21)18(23)19(20)7-13-24-14-8-19;;/h15-17H,3-14,20H2,1-2H3;2*1H. The van der Waals surface area contributed by atoms with Crippen molar-refractivity contribution >= 4 is 30.7 Å². The maximum Gasteiger partial charge on any atom is 0.242 e. The smallest absolute Gasteiger partial charge is 0.242 e. The predicted molar refractivity (Wildman–Crippen MR) is 110 cm³/mol. The van der Waals surface area contributed by atoms with E-state index >= 15 is 0 Å². The van der Waals surface area contributed by atoms with Crippen molar-refractivity contribution in [3.8, 4) is 0 Å². The number of carbonyl (C=O) groups excluding carboxylic acids is 1. The van der Waals surface area contributed by atoms with E-state index in [-0.39, 0.29) is 30.7 Å². The van der Waals surface area contributed by atoms with Gasteiger partial charge in [0.1, 0.15) is 0 Å². The molecule has 0 aromatic heterocycles. The summed E-state index contributed by atoms with van der Waals surface area (Å²) >= 11 is 0. The minimum atomic E-state index is -0.685. The van der Waals surface area contributed by atoms with Crippen LogP contribution in [0, 0.1) is 11.8 Å². The summed E-state index contributed by atoms with van der Waals surface area (Å²) in [4.78, 5) is 17.4. The molecule has 0 aromatic carbocycles. The van der Waals surface area contributed by atoms with Crippen LogP contribution in [0.3, 0.4) is 0 Å². The van der Waals surface area contributed by atoms with Gasteiger partial charge >= 0.3 is 0 Å². The van der Waals surface area contributed by atoms with Crippen molar-refractivity contribution in [2.24, 2.45) is 17.6 Å². The molecule has 0 atom stereocenters. The fraction of sp³-hybridized carbons (Fsp3) is 0.947. The van der Waals surface area contributed by atoms with Crippen molar-refractivity contribution in [1.82, 2.24) is 9.80 Å². The second-order valence-corrected chi connectivity index (χ2v) is 8.41. The van der Waals surface area contributed by atoms with Crippen molar-refractivity contribution in [1.29, 1.82) is 0 Å². The number of piperazine rings is 1. The first-order valence-corrected chi connectivity index (χ1v) is 9.90. The third-order valence-corrected chi connectivity index (χ3v) is 6.61. The minimum absolute atomic E-state index is 0. The van der Waals surface area contributed by atoms with E-state index in [1.54, 1.807) is 0 Å². The molecule has 2 heterocycles. The molecule has 0 unspecified atom stereocenters. The van der Waals surface area contributed by atoms with Gasteiger partial charge in [0.25, 0.3) is 0 Å². The van der Waals surface area contributed by atoms with E-state index in [1.165, 1.54) is 25.7 Å². The van der Waals surface area contributed by atoms with Gasteiger partial charge in [0, 0.05) is 45.4 Å². The van der Waals surface area contributed by atoms with Gasteiger partial charge in [-0.25, -0.2) is 0 Å². The first-order chi connectivity index (χ1) is 11.5. The molecule has 0 radical (unpaired) electrons. The van der Waals surface area contributed by atoms with Crippen LogP contribution in [0.1, 0.15) is 52.4 Å². The summed E-state index contributed by atoms with van der Waals surface area (Å²) in [5.41, 5.74) is 5.68. The molecule has 0 aromatic rings. The Kier molecular flexibility index (Phi) is 9.65. The molecule has 3 aliphatic rings. The lowest BCUT2D eigenvalue weighted by Crippen LogP contribution is -2.62.